The molecule has 6 nitrogen and oxygen atoms in total. The third kappa shape index (κ3) is 3.52. The highest BCUT2D eigenvalue weighted by Gasteiger charge is 2.16. The van der Waals surface area contributed by atoms with E-state index in [1.807, 2.05) is 24.3 Å². The van der Waals surface area contributed by atoms with E-state index >= 15 is 0 Å². The summed E-state index contributed by atoms with van der Waals surface area (Å²) in [5.41, 5.74) is 2.33. The second-order valence-electron chi connectivity index (χ2n) is 4.92. The second kappa shape index (κ2) is 7.10. The van der Waals surface area contributed by atoms with Crippen molar-refractivity contribution in [3.8, 4) is 11.1 Å². The van der Waals surface area contributed by atoms with Crippen molar-refractivity contribution in [2.45, 2.75) is 0 Å². The van der Waals surface area contributed by atoms with E-state index in [0.717, 1.165) is 11.1 Å². The summed E-state index contributed by atoms with van der Waals surface area (Å²) in [4.78, 5) is 22.5. The minimum Gasteiger partial charge on any atom is -0.478 e. The molecule has 0 unspecified atom stereocenters. The first kappa shape index (κ1) is 15.9. The summed E-state index contributed by atoms with van der Waals surface area (Å²) in [6.07, 6.45) is 1.55. The molecule has 0 aliphatic carbocycles. The van der Waals surface area contributed by atoms with Crippen LogP contribution in [-0.2, 0) is 4.79 Å². The van der Waals surface area contributed by atoms with Crippen molar-refractivity contribution in [3.63, 3.8) is 0 Å². The predicted octanol–water partition coefficient (Wildman–Crippen LogP) is 2.60. The van der Waals surface area contributed by atoms with Crippen molar-refractivity contribution in [2.75, 3.05) is 5.75 Å². The normalized spacial score (nSPS) is 15.8. The van der Waals surface area contributed by atoms with Crippen LogP contribution in [0.15, 0.2) is 58.7 Å². The largest absolute Gasteiger partial charge is 0.478 e. The molecule has 0 atom stereocenters. The second-order valence-corrected chi connectivity index (χ2v) is 5.89. The molecule has 2 N–H and O–H groups in total. The lowest BCUT2D eigenvalue weighted by Gasteiger charge is -2.08. The van der Waals surface area contributed by atoms with E-state index in [0.29, 0.717) is 16.5 Å². The zero-order chi connectivity index (χ0) is 16.9. The third-order valence-electron chi connectivity index (χ3n) is 3.34. The van der Waals surface area contributed by atoms with E-state index in [9.17, 15) is 14.7 Å². The molecule has 1 aliphatic heterocycles. The van der Waals surface area contributed by atoms with Crippen LogP contribution in [-0.4, -0.2) is 34.1 Å². The summed E-state index contributed by atoms with van der Waals surface area (Å²) < 4.78 is 0. The Morgan fingerprint density at radius 2 is 1.83 bits per heavy atom. The van der Waals surface area contributed by atoms with Crippen LogP contribution in [0.4, 0.5) is 0 Å². The van der Waals surface area contributed by atoms with Gasteiger partial charge in [0, 0.05) is 5.56 Å². The Labute approximate surface area is 142 Å². The zero-order valence-electron chi connectivity index (χ0n) is 12.5. The van der Waals surface area contributed by atoms with Gasteiger partial charge in [0.2, 0.25) is 5.91 Å². The topological polar surface area (TPSA) is 91.1 Å². The van der Waals surface area contributed by atoms with Crippen molar-refractivity contribution in [3.05, 3.63) is 59.7 Å². The maximum atomic E-state index is 11.4. The monoisotopic (exact) mass is 339 g/mol. The highest BCUT2D eigenvalue weighted by atomic mass is 32.2. The SMILES string of the molecule is O=C1CSC(=NN=Cc2ccccc2-c2ccccc2C(=O)O)N1. The standard InChI is InChI=1S/C17H13N3O3S/c21-15-10-24-17(19-15)20-18-9-11-5-1-2-6-12(11)13-7-3-4-8-14(13)16(22)23/h1-9H,10H2,(H,22,23)(H,19,20,21). The molecule has 3 rings (SSSR count). The lowest BCUT2D eigenvalue weighted by molar-refractivity contribution is -0.116. The summed E-state index contributed by atoms with van der Waals surface area (Å²) in [6.45, 7) is 0. The number of nitrogens with one attached hydrogen (secondary N) is 1. The Hall–Kier alpha value is -2.93. The molecular formula is C17H13N3O3S. The number of carbonyl (C=O) groups excluding carboxylic acids is 1. The fourth-order valence-electron chi connectivity index (χ4n) is 2.28. The summed E-state index contributed by atoms with van der Waals surface area (Å²) in [6, 6.07) is 14.2. The maximum Gasteiger partial charge on any atom is 0.336 e. The fraction of sp³-hybridized carbons (Fsp3) is 0.0588. The van der Waals surface area contributed by atoms with Gasteiger partial charge in [-0.1, -0.05) is 54.2 Å². The third-order valence-corrected chi connectivity index (χ3v) is 4.20. The number of aromatic carboxylic acids is 1. The smallest absolute Gasteiger partial charge is 0.336 e. The number of benzene rings is 2. The van der Waals surface area contributed by atoms with Gasteiger partial charge < -0.3 is 10.4 Å². The molecule has 0 spiro atoms. The van der Waals surface area contributed by atoms with Crippen molar-refractivity contribution >= 4 is 35.0 Å². The number of amides is 1. The first-order valence-corrected chi connectivity index (χ1v) is 8.09. The van der Waals surface area contributed by atoms with Gasteiger partial charge >= 0.3 is 5.97 Å². The van der Waals surface area contributed by atoms with Crippen molar-refractivity contribution < 1.29 is 14.7 Å². The number of carboxylic acid groups (broad SMARTS) is 1. The molecule has 0 saturated carbocycles. The lowest BCUT2D eigenvalue weighted by Crippen LogP contribution is -2.19. The average molecular weight is 339 g/mol. The van der Waals surface area contributed by atoms with Crippen molar-refractivity contribution in [1.82, 2.24) is 5.32 Å². The molecule has 1 amide bonds. The van der Waals surface area contributed by atoms with E-state index in [2.05, 4.69) is 15.5 Å². The Morgan fingerprint density at radius 3 is 2.54 bits per heavy atom. The van der Waals surface area contributed by atoms with Gasteiger partial charge in [-0.2, -0.15) is 5.10 Å². The summed E-state index contributed by atoms with van der Waals surface area (Å²) in [5.74, 6) is -0.732. The Bertz CT molecular complexity index is 862. The quantitative estimate of drug-likeness (QED) is 0.662. The van der Waals surface area contributed by atoms with Crippen LogP contribution >= 0.6 is 11.8 Å². The van der Waals surface area contributed by atoms with E-state index in [1.54, 1.807) is 30.5 Å². The van der Waals surface area contributed by atoms with Crippen LogP contribution in [0, 0.1) is 0 Å². The number of nitrogens with zero attached hydrogens (tertiary/aromatic N) is 2. The highest BCUT2D eigenvalue weighted by molar-refractivity contribution is 8.15. The summed E-state index contributed by atoms with van der Waals surface area (Å²) in [5, 5.41) is 20.4. The highest BCUT2D eigenvalue weighted by Crippen LogP contribution is 2.26. The number of carbonyl (C=O) groups is 2. The molecule has 2 aromatic carbocycles. The van der Waals surface area contributed by atoms with Crippen molar-refractivity contribution in [1.29, 1.82) is 0 Å². The Morgan fingerprint density at radius 1 is 1.12 bits per heavy atom. The number of rotatable bonds is 4. The van der Waals surface area contributed by atoms with Gasteiger partial charge in [-0.15, -0.1) is 5.10 Å². The van der Waals surface area contributed by atoms with Crippen LogP contribution < -0.4 is 5.32 Å². The average Bonchev–Trinajstić information content (AvgIpc) is 3.00. The minimum atomic E-state index is -0.984. The molecule has 7 heteroatoms. The van der Waals surface area contributed by atoms with Gasteiger partial charge in [0.1, 0.15) is 0 Å². The molecule has 0 bridgehead atoms. The molecule has 2 aromatic rings. The number of thioether (sulfide) groups is 1. The van der Waals surface area contributed by atoms with E-state index in [1.165, 1.54) is 11.8 Å². The Balaban J connectivity index is 1.95. The first-order valence-electron chi connectivity index (χ1n) is 7.10. The van der Waals surface area contributed by atoms with Crippen LogP contribution in [0.2, 0.25) is 0 Å². The van der Waals surface area contributed by atoms with Gasteiger partial charge in [-0.05, 0) is 17.2 Å². The van der Waals surface area contributed by atoms with E-state index in [-0.39, 0.29) is 11.5 Å². The van der Waals surface area contributed by atoms with Crippen LogP contribution in [0.3, 0.4) is 0 Å². The number of hydrogen-bond acceptors (Lipinski definition) is 5. The fourth-order valence-corrected chi connectivity index (χ4v) is 2.91. The van der Waals surface area contributed by atoms with E-state index < -0.39 is 5.97 Å². The van der Waals surface area contributed by atoms with Crippen molar-refractivity contribution in [2.24, 2.45) is 10.2 Å². The van der Waals surface area contributed by atoms with E-state index in [4.69, 9.17) is 0 Å². The lowest BCUT2D eigenvalue weighted by atomic mass is 9.96. The van der Waals surface area contributed by atoms with Crippen LogP contribution in [0.1, 0.15) is 15.9 Å². The molecular weight excluding hydrogens is 326 g/mol. The van der Waals surface area contributed by atoms with Gasteiger partial charge in [0.05, 0.1) is 17.5 Å². The predicted molar refractivity (Wildman–Crippen MR) is 94.5 cm³/mol. The van der Waals surface area contributed by atoms with Crippen LogP contribution in [0.25, 0.3) is 11.1 Å². The molecule has 1 heterocycles. The molecule has 0 radical (unpaired) electrons. The van der Waals surface area contributed by atoms with Gasteiger partial charge in [-0.25, -0.2) is 4.79 Å². The summed E-state index contributed by atoms with van der Waals surface area (Å²) in [7, 11) is 0. The molecule has 1 saturated heterocycles. The van der Waals surface area contributed by atoms with Crippen LogP contribution in [0.5, 0.6) is 0 Å². The minimum absolute atomic E-state index is 0.0928. The molecule has 120 valence electrons. The van der Waals surface area contributed by atoms with Gasteiger partial charge in [-0.3, -0.25) is 4.79 Å². The molecule has 1 fully saturated rings. The maximum absolute atomic E-state index is 11.4. The number of hydrogen-bond donors (Lipinski definition) is 2. The first-order chi connectivity index (χ1) is 11.6. The van der Waals surface area contributed by atoms with Gasteiger partial charge in [0.25, 0.3) is 0 Å². The molecule has 0 aromatic heterocycles. The zero-order valence-corrected chi connectivity index (χ0v) is 13.3. The molecule has 24 heavy (non-hydrogen) atoms. The summed E-state index contributed by atoms with van der Waals surface area (Å²) >= 11 is 1.29. The molecule has 1 aliphatic rings. The Kier molecular flexibility index (Phi) is 4.72. The number of amidine groups is 1. The number of carboxylic acids is 1. The van der Waals surface area contributed by atoms with Gasteiger partial charge in [0.15, 0.2) is 5.17 Å².